The Hall–Kier alpha value is -1.27. The van der Waals surface area contributed by atoms with Gasteiger partial charge < -0.3 is 9.52 Å². The van der Waals surface area contributed by atoms with Crippen molar-refractivity contribution in [3.05, 3.63) is 23.7 Å². The molecule has 0 fully saturated rings. The molecule has 2 atom stereocenters. The smallest absolute Gasteiger partial charge is 0.134 e. The van der Waals surface area contributed by atoms with Crippen LogP contribution in [-0.2, 0) is 0 Å². The van der Waals surface area contributed by atoms with Crippen molar-refractivity contribution in [2.24, 2.45) is 5.92 Å². The zero-order valence-corrected chi connectivity index (χ0v) is 8.53. The molecule has 0 amide bonds. The highest BCUT2D eigenvalue weighted by Gasteiger charge is 2.22. The summed E-state index contributed by atoms with van der Waals surface area (Å²) in [4.78, 5) is 0. The summed E-state index contributed by atoms with van der Waals surface area (Å²) in [5.41, 5.74) is 0. The highest BCUT2D eigenvalue weighted by atomic mass is 16.4. The van der Waals surface area contributed by atoms with Gasteiger partial charge >= 0.3 is 0 Å². The Labute approximate surface area is 84.0 Å². The normalized spacial score (nSPS) is 14.7. The molecule has 0 spiro atoms. The molecule has 0 bridgehead atoms. The Balaban J connectivity index is 2.73. The van der Waals surface area contributed by atoms with E-state index in [0.717, 1.165) is 12.2 Å². The molecular weight excluding hydrogens is 178 g/mol. The van der Waals surface area contributed by atoms with Gasteiger partial charge in [-0.3, -0.25) is 0 Å². The molecule has 0 aliphatic carbocycles. The minimum absolute atomic E-state index is 0.370. The largest absolute Gasteiger partial charge is 0.464 e. The average molecular weight is 193 g/mol. The van der Waals surface area contributed by atoms with E-state index in [4.69, 9.17) is 9.68 Å². The lowest BCUT2D eigenvalue weighted by Crippen LogP contribution is -2.09. The summed E-state index contributed by atoms with van der Waals surface area (Å²) in [6.45, 7) is 3.81. The maximum absolute atomic E-state index is 9.81. The Morgan fingerprint density at radius 2 is 2.29 bits per heavy atom. The van der Waals surface area contributed by atoms with Crippen molar-refractivity contribution in [3.8, 4) is 6.07 Å². The third-order valence-electron chi connectivity index (χ3n) is 2.20. The summed E-state index contributed by atoms with van der Waals surface area (Å²) in [5, 5.41) is 18.7. The number of nitriles is 1. The predicted octanol–water partition coefficient (Wildman–Crippen LogP) is 2.56. The van der Waals surface area contributed by atoms with Crippen molar-refractivity contribution < 1.29 is 9.52 Å². The average Bonchev–Trinajstić information content (AvgIpc) is 2.60. The molecule has 3 heteroatoms. The fourth-order valence-electron chi connectivity index (χ4n) is 1.41. The molecule has 3 nitrogen and oxygen atoms in total. The molecule has 14 heavy (non-hydrogen) atoms. The topological polar surface area (TPSA) is 57.2 Å². The van der Waals surface area contributed by atoms with E-state index in [1.165, 1.54) is 0 Å². The summed E-state index contributed by atoms with van der Waals surface area (Å²) in [6.07, 6.45) is 0.778. The number of hydrogen-bond acceptors (Lipinski definition) is 3. The Bertz CT molecular complexity index is 324. The highest BCUT2D eigenvalue weighted by molar-refractivity contribution is 5.11. The standard InChI is InChI=1S/C11H15NO2/c1-3-4-9(7-12)11(13)10-6-5-8(2)14-10/h5-6,9,11,13H,3-4H2,1-2H3. The minimum Gasteiger partial charge on any atom is -0.464 e. The van der Waals surface area contributed by atoms with E-state index >= 15 is 0 Å². The van der Waals surface area contributed by atoms with Gasteiger partial charge in [-0.1, -0.05) is 13.3 Å². The van der Waals surface area contributed by atoms with Crippen LogP contribution >= 0.6 is 0 Å². The van der Waals surface area contributed by atoms with Gasteiger partial charge in [0.2, 0.25) is 0 Å². The maximum atomic E-state index is 9.81. The second-order valence-corrected chi connectivity index (χ2v) is 3.42. The number of aliphatic hydroxyl groups excluding tert-OH is 1. The first-order valence-electron chi connectivity index (χ1n) is 4.83. The van der Waals surface area contributed by atoms with E-state index < -0.39 is 6.10 Å². The van der Waals surface area contributed by atoms with Gasteiger partial charge in [-0.25, -0.2) is 0 Å². The molecule has 1 N–H and O–H groups in total. The fourth-order valence-corrected chi connectivity index (χ4v) is 1.41. The van der Waals surface area contributed by atoms with E-state index in [2.05, 4.69) is 6.07 Å². The van der Waals surface area contributed by atoms with E-state index in [0.29, 0.717) is 12.2 Å². The number of rotatable bonds is 4. The molecule has 1 rings (SSSR count). The van der Waals surface area contributed by atoms with Crippen LogP contribution < -0.4 is 0 Å². The molecular formula is C11H15NO2. The van der Waals surface area contributed by atoms with E-state index in [9.17, 15) is 5.11 Å². The Morgan fingerprint density at radius 1 is 1.57 bits per heavy atom. The number of nitrogens with zero attached hydrogens (tertiary/aromatic N) is 1. The van der Waals surface area contributed by atoms with Crippen LogP contribution in [0, 0.1) is 24.2 Å². The van der Waals surface area contributed by atoms with Crippen LogP contribution in [-0.4, -0.2) is 5.11 Å². The molecule has 0 radical (unpaired) electrons. The molecule has 1 aromatic heterocycles. The van der Waals surface area contributed by atoms with Crippen molar-refractivity contribution in [2.45, 2.75) is 32.8 Å². The summed E-state index contributed by atoms with van der Waals surface area (Å²) >= 11 is 0. The van der Waals surface area contributed by atoms with Gasteiger partial charge in [0, 0.05) is 0 Å². The van der Waals surface area contributed by atoms with Crippen molar-refractivity contribution in [3.63, 3.8) is 0 Å². The van der Waals surface area contributed by atoms with Gasteiger partial charge in [0.25, 0.3) is 0 Å². The van der Waals surface area contributed by atoms with Gasteiger partial charge in [-0.2, -0.15) is 5.26 Å². The maximum Gasteiger partial charge on any atom is 0.134 e. The zero-order valence-electron chi connectivity index (χ0n) is 8.53. The van der Waals surface area contributed by atoms with Gasteiger partial charge in [0.1, 0.15) is 17.6 Å². The first-order chi connectivity index (χ1) is 6.69. The molecule has 76 valence electrons. The summed E-state index contributed by atoms with van der Waals surface area (Å²) in [6, 6.07) is 5.61. The van der Waals surface area contributed by atoms with Crippen molar-refractivity contribution >= 4 is 0 Å². The molecule has 0 aliphatic heterocycles. The second kappa shape index (κ2) is 4.83. The molecule has 0 saturated carbocycles. The van der Waals surface area contributed by atoms with Gasteiger partial charge in [0.05, 0.1) is 12.0 Å². The molecule has 1 heterocycles. The Morgan fingerprint density at radius 3 is 2.71 bits per heavy atom. The molecule has 1 aromatic rings. The quantitative estimate of drug-likeness (QED) is 0.799. The molecule has 0 aliphatic rings. The van der Waals surface area contributed by atoms with Crippen LogP contribution in [0.3, 0.4) is 0 Å². The first-order valence-corrected chi connectivity index (χ1v) is 4.83. The Kier molecular flexibility index (Phi) is 3.73. The van der Waals surface area contributed by atoms with Gasteiger partial charge in [0.15, 0.2) is 0 Å². The van der Waals surface area contributed by atoms with Gasteiger partial charge in [-0.05, 0) is 25.5 Å². The third kappa shape index (κ3) is 2.36. The van der Waals surface area contributed by atoms with Crippen molar-refractivity contribution in [1.82, 2.24) is 0 Å². The zero-order chi connectivity index (χ0) is 10.6. The number of aliphatic hydroxyl groups is 1. The predicted molar refractivity (Wildman–Crippen MR) is 52.4 cm³/mol. The van der Waals surface area contributed by atoms with Crippen molar-refractivity contribution in [2.75, 3.05) is 0 Å². The SMILES string of the molecule is CCCC(C#N)C(O)c1ccc(C)o1. The summed E-state index contributed by atoms with van der Waals surface area (Å²) in [5.74, 6) is 0.875. The first kappa shape index (κ1) is 10.8. The van der Waals surface area contributed by atoms with E-state index in [1.807, 2.05) is 13.8 Å². The second-order valence-electron chi connectivity index (χ2n) is 3.42. The summed E-state index contributed by atoms with van der Waals surface area (Å²) < 4.78 is 5.27. The van der Waals surface area contributed by atoms with E-state index in [-0.39, 0.29) is 5.92 Å². The third-order valence-corrected chi connectivity index (χ3v) is 2.20. The minimum atomic E-state index is -0.798. The van der Waals surface area contributed by atoms with Gasteiger partial charge in [-0.15, -0.1) is 0 Å². The van der Waals surface area contributed by atoms with Crippen LogP contribution in [0.25, 0.3) is 0 Å². The lowest BCUT2D eigenvalue weighted by atomic mass is 9.97. The fraction of sp³-hybridized carbons (Fsp3) is 0.545. The van der Waals surface area contributed by atoms with E-state index in [1.54, 1.807) is 12.1 Å². The van der Waals surface area contributed by atoms with Crippen LogP contribution in [0.1, 0.15) is 37.4 Å². The lowest BCUT2D eigenvalue weighted by molar-refractivity contribution is 0.105. The molecule has 0 saturated heterocycles. The molecule has 0 aromatic carbocycles. The summed E-state index contributed by atoms with van der Waals surface area (Å²) in [7, 11) is 0. The van der Waals surface area contributed by atoms with Crippen LogP contribution in [0.5, 0.6) is 0 Å². The van der Waals surface area contributed by atoms with Crippen LogP contribution in [0.4, 0.5) is 0 Å². The van der Waals surface area contributed by atoms with Crippen LogP contribution in [0.15, 0.2) is 16.5 Å². The highest BCUT2D eigenvalue weighted by Crippen LogP contribution is 2.26. The number of aryl methyl sites for hydroxylation is 1. The lowest BCUT2D eigenvalue weighted by Gasteiger charge is -2.12. The van der Waals surface area contributed by atoms with Crippen molar-refractivity contribution in [1.29, 1.82) is 5.26 Å². The van der Waals surface area contributed by atoms with Crippen LogP contribution in [0.2, 0.25) is 0 Å². The monoisotopic (exact) mass is 193 g/mol. The number of furan rings is 1. The molecule has 2 unspecified atom stereocenters. The number of hydrogen-bond donors (Lipinski definition) is 1.